The van der Waals surface area contributed by atoms with Gasteiger partial charge in [-0.3, -0.25) is 4.79 Å². The maximum absolute atomic E-state index is 12.8. The number of Topliss-reactive ketones (excluding diaryl/α,β-unsaturated/α-hetero) is 1. The van der Waals surface area contributed by atoms with Crippen LogP contribution in [0.2, 0.25) is 0 Å². The first-order chi connectivity index (χ1) is 14.8. The second-order valence-corrected chi connectivity index (χ2v) is 14.0. The molecule has 5 aliphatic rings. The second kappa shape index (κ2) is 6.83. The van der Waals surface area contributed by atoms with Crippen LogP contribution in [-0.4, -0.2) is 17.5 Å². The number of ether oxygens (including phenoxy) is 1. The summed E-state index contributed by atoms with van der Waals surface area (Å²) < 4.78 is 5.81. The molecule has 0 aromatic carbocycles. The van der Waals surface area contributed by atoms with Crippen LogP contribution in [0.4, 0.5) is 0 Å². The van der Waals surface area contributed by atoms with Gasteiger partial charge in [0.2, 0.25) is 0 Å². The number of allylic oxidation sites excluding steroid dienone is 3. The number of rotatable bonds is 3. The minimum absolute atomic E-state index is 0.0381. The van der Waals surface area contributed by atoms with E-state index in [-0.39, 0.29) is 16.4 Å². The molecule has 0 N–H and O–H groups in total. The van der Waals surface area contributed by atoms with Crippen LogP contribution in [0.5, 0.6) is 0 Å². The summed E-state index contributed by atoms with van der Waals surface area (Å²) in [7, 11) is 0. The molecular weight excluding hydrogens is 392 g/mol. The first-order valence-corrected chi connectivity index (χ1v) is 13.4. The molecule has 0 spiro atoms. The van der Waals surface area contributed by atoms with Crippen LogP contribution >= 0.6 is 0 Å². The SMILES string of the molecule is C[C@@H](/C=C/[C@@H]1OC1(C)C)[C@@H]1CC[C@]2(C)C3=CC[C@H]4C(C)(C)C(=O)CC[C@]4(C)[C@H]3CC[C@@]12C. The van der Waals surface area contributed by atoms with Crippen molar-refractivity contribution in [2.45, 2.75) is 112 Å². The summed E-state index contributed by atoms with van der Waals surface area (Å²) in [6.07, 6.45) is 16.0. The van der Waals surface area contributed by atoms with Gasteiger partial charge in [0.15, 0.2) is 0 Å². The largest absolute Gasteiger partial charge is 0.362 e. The average molecular weight is 439 g/mol. The Hall–Kier alpha value is -0.890. The standard InChI is InChI=1S/C30H46O2/c1-19(9-12-25-27(4,5)32-25)20-13-17-30(8)22-10-11-23-26(2,3)24(31)15-16-28(23,6)21(22)14-18-29(20,30)7/h9-10,12,19-21,23,25H,11,13-18H2,1-8H3/b12-9+/t19-,20-,21-,23-,25-,28+,29-,30+/m0/s1. The number of ketones is 1. The molecule has 1 saturated heterocycles. The zero-order valence-corrected chi connectivity index (χ0v) is 21.9. The fraction of sp³-hybridized carbons (Fsp3) is 0.833. The van der Waals surface area contributed by atoms with Gasteiger partial charge < -0.3 is 4.74 Å². The number of hydrogen-bond acceptors (Lipinski definition) is 2. The molecule has 0 radical (unpaired) electrons. The third-order valence-corrected chi connectivity index (χ3v) is 11.9. The Kier molecular flexibility index (Phi) is 4.89. The van der Waals surface area contributed by atoms with Crippen molar-refractivity contribution < 1.29 is 9.53 Å². The average Bonchev–Trinajstić information content (AvgIpc) is 3.22. The van der Waals surface area contributed by atoms with Crippen LogP contribution in [0.1, 0.15) is 100 Å². The maximum Gasteiger partial charge on any atom is 0.138 e. The molecule has 5 rings (SSSR count). The van der Waals surface area contributed by atoms with Gasteiger partial charge in [-0.2, -0.15) is 0 Å². The van der Waals surface area contributed by atoms with Crippen molar-refractivity contribution in [1.29, 1.82) is 0 Å². The number of hydrogen-bond donors (Lipinski definition) is 0. The Morgan fingerprint density at radius 3 is 2.38 bits per heavy atom. The number of fused-ring (bicyclic) bond motifs is 5. The molecule has 0 aromatic rings. The summed E-state index contributed by atoms with van der Waals surface area (Å²) in [6, 6.07) is 0. The van der Waals surface area contributed by atoms with E-state index in [2.05, 4.69) is 73.6 Å². The first-order valence-electron chi connectivity index (χ1n) is 13.4. The molecule has 2 nitrogen and oxygen atoms in total. The van der Waals surface area contributed by atoms with Crippen LogP contribution in [0, 0.1) is 45.3 Å². The molecule has 178 valence electrons. The molecule has 1 aliphatic heterocycles. The summed E-state index contributed by atoms with van der Waals surface area (Å²) in [5.41, 5.74) is 2.59. The van der Waals surface area contributed by atoms with Crippen LogP contribution in [-0.2, 0) is 9.53 Å². The molecule has 3 saturated carbocycles. The zero-order chi connectivity index (χ0) is 23.3. The van der Waals surface area contributed by atoms with Crippen molar-refractivity contribution in [2.75, 3.05) is 0 Å². The Bertz CT molecular complexity index is 877. The Morgan fingerprint density at radius 2 is 1.72 bits per heavy atom. The zero-order valence-electron chi connectivity index (χ0n) is 21.9. The molecule has 8 atom stereocenters. The summed E-state index contributed by atoms with van der Waals surface area (Å²) in [6.45, 7) is 19.1. The summed E-state index contributed by atoms with van der Waals surface area (Å²) in [5, 5.41) is 0. The van der Waals surface area contributed by atoms with E-state index < -0.39 is 0 Å². The van der Waals surface area contributed by atoms with Gasteiger partial charge in [0.05, 0.1) is 5.60 Å². The first kappa shape index (κ1) is 22.9. The van der Waals surface area contributed by atoms with E-state index in [0.29, 0.717) is 40.5 Å². The van der Waals surface area contributed by atoms with Gasteiger partial charge in [-0.25, -0.2) is 0 Å². The van der Waals surface area contributed by atoms with Crippen molar-refractivity contribution in [3.05, 3.63) is 23.8 Å². The van der Waals surface area contributed by atoms with E-state index in [1.165, 1.54) is 25.7 Å². The molecule has 0 amide bonds. The highest BCUT2D eigenvalue weighted by Crippen LogP contribution is 2.73. The van der Waals surface area contributed by atoms with E-state index in [9.17, 15) is 4.79 Å². The maximum atomic E-state index is 12.8. The van der Waals surface area contributed by atoms with Gasteiger partial charge >= 0.3 is 0 Å². The minimum atomic E-state index is -0.174. The number of carbonyl (C=O) groups is 1. The molecule has 32 heavy (non-hydrogen) atoms. The van der Waals surface area contributed by atoms with Crippen molar-refractivity contribution >= 4 is 5.78 Å². The molecule has 4 fully saturated rings. The van der Waals surface area contributed by atoms with Gasteiger partial charge in [-0.05, 0) is 92.3 Å². The third kappa shape index (κ3) is 2.90. The quantitative estimate of drug-likeness (QED) is 0.337. The molecule has 0 unspecified atom stereocenters. The van der Waals surface area contributed by atoms with Gasteiger partial charge in [0.25, 0.3) is 0 Å². The third-order valence-electron chi connectivity index (χ3n) is 11.9. The molecule has 4 aliphatic carbocycles. The van der Waals surface area contributed by atoms with Crippen molar-refractivity contribution in [2.24, 2.45) is 45.3 Å². The van der Waals surface area contributed by atoms with Gasteiger partial charge in [-0.1, -0.05) is 65.3 Å². The molecular formula is C30H46O2. The van der Waals surface area contributed by atoms with Crippen LogP contribution < -0.4 is 0 Å². The summed E-state index contributed by atoms with van der Waals surface area (Å²) >= 11 is 0. The highest BCUT2D eigenvalue weighted by Gasteiger charge is 2.65. The van der Waals surface area contributed by atoms with E-state index >= 15 is 0 Å². The predicted octanol–water partition coefficient (Wildman–Crippen LogP) is 7.53. The lowest BCUT2D eigenvalue weighted by Gasteiger charge is -2.63. The minimum Gasteiger partial charge on any atom is -0.362 e. The Labute approximate surface area is 196 Å². The highest BCUT2D eigenvalue weighted by molar-refractivity contribution is 5.85. The van der Waals surface area contributed by atoms with E-state index in [0.717, 1.165) is 25.2 Å². The molecule has 0 bridgehead atoms. The van der Waals surface area contributed by atoms with Gasteiger partial charge in [0.1, 0.15) is 11.9 Å². The smallest absolute Gasteiger partial charge is 0.138 e. The fourth-order valence-corrected chi connectivity index (χ4v) is 9.37. The van der Waals surface area contributed by atoms with Crippen molar-refractivity contribution in [3.8, 4) is 0 Å². The lowest BCUT2D eigenvalue weighted by molar-refractivity contribution is -0.145. The monoisotopic (exact) mass is 438 g/mol. The van der Waals surface area contributed by atoms with E-state index in [4.69, 9.17) is 4.74 Å². The summed E-state index contributed by atoms with van der Waals surface area (Å²) in [5.74, 6) is 2.99. The Balaban J connectivity index is 1.44. The van der Waals surface area contributed by atoms with Crippen molar-refractivity contribution in [1.82, 2.24) is 0 Å². The van der Waals surface area contributed by atoms with Gasteiger partial charge in [0, 0.05) is 11.8 Å². The molecule has 2 heteroatoms. The fourth-order valence-electron chi connectivity index (χ4n) is 9.37. The van der Waals surface area contributed by atoms with Crippen LogP contribution in [0.3, 0.4) is 0 Å². The lowest BCUT2D eigenvalue weighted by atomic mass is 9.41. The van der Waals surface area contributed by atoms with Crippen LogP contribution in [0.15, 0.2) is 23.8 Å². The normalized spacial score (nSPS) is 49.8. The number of epoxide rings is 1. The Morgan fingerprint density at radius 1 is 1.03 bits per heavy atom. The van der Waals surface area contributed by atoms with Crippen LogP contribution in [0.25, 0.3) is 0 Å². The molecule has 1 heterocycles. The second-order valence-electron chi connectivity index (χ2n) is 14.0. The predicted molar refractivity (Wildman–Crippen MR) is 131 cm³/mol. The van der Waals surface area contributed by atoms with E-state index in [1.807, 2.05) is 0 Å². The topological polar surface area (TPSA) is 29.6 Å². The lowest BCUT2D eigenvalue weighted by Crippen LogP contribution is -2.57. The van der Waals surface area contributed by atoms with Crippen molar-refractivity contribution in [3.63, 3.8) is 0 Å². The highest BCUT2D eigenvalue weighted by atomic mass is 16.6. The number of carbonyl (C=O) groups excluding carboxylic acids is 1. The van der Waals surface area contributed by atoms with Gasteiger partial charge in [-0.15, -0.1) is 0 Å². The van der Waals surface area contributed by atoms with E-state index in [1.54, 1.807) is 5.57 Å². The molecule has 0 aromatic heterocycles. The summed E-state index contributed by atoms with van der Waals surface area (Å²) in [4.78, 5) is 12.8.